The van der Waals surface area contributed by atoms with Crippen LogP contribution < -0.4 is 14.8 Å². The zero-order valence-electron chi connectivity index (χ0n) is 26.5. The number of fused-ring (bicyclic) bond motifs is 1. The van der Waals surface area contributed by atoms with Gasteiger partial charge in [0.2, 0.25) is 5.82 Å². The predicted octanol–water partition coefficient (Wildman–Crippen LogP) is 5.00. The number of hydrogen-bond donors (Lipinski definition) is 3. The summed E-state index contributed by atoms with van der Waals surface area (Å²) in [6.45, 7) is 4.07. The molecule has 3 N–H and O–H groups in total. The molecule has 0 radical (unpaired) electrons. The molecule has 2 aromatic carbocycles. The molecule has 46 heavy (non-hydrogen) atoms. The third-order valence-electron chi connectivity index (χ3n) is 8.51. The number of hydrogen-bond acceptors (Lipinski definition) is 9. The molecule has 3 heterocycles. The highest BCUT2D eigenvalue weighted by Crippen LogP contribution is 2.40. The fraction of sp³-hybridized carbons (Fsp3) is 0.371. The maximum atomic E-state index is 11.2. The summed E-state index contributed by atoms with van der Waals surface area (Å²) in [6, 6.07) is 14.5. The highest BCUT2D eigenvalue weighted by molar-refractivity contribution is 5.84. The van der Waals surface area contributed by atoms with Crippen molar-refractivity contribution in [3.05, 3.63) is 89.8 Å². The zero-order chi connectivity index (χ0) is 32.2. The fourth-order valence-electron chi connectivity index (χ4n) is 5.95. The van der Waals surface area contributed by atoms with E-state index in [4.69, 9.17) is 24.4 Å². The minimum Gasteiger partial charge on any atom is -0.497 e. The van der Waals surface area contributed by atoms with Gasteiger partial charge >= 0.3 is 0 Å². The number of benzene rings is 2. The average molecular weight is 622 g/mol. The van der Waals surface area contributed by atoms with Gasteiger partial charge in [0.25, 0.3) is 0 Å². The Hall–Kier alpha value is -4.92. The van der Waals surface area contributed by atoms with E-state index in [9.17, 15) is 10.2 Å². The van der Waals surface area contributed by atoms with Crippen LogP contribution >= 0.6 is 0 Å². The van der Waals surface area contributed by atoms with Crippen LogP contribution in [0.2, 0.25) is 0 Å². The third kappa shape index (κ3) is 6.27. The van der Waals surface area contributed by atoms with Crippen molar-refractivity contribution in [2.24, 2.45) is 0 Å². The lowest BCUT2D eigenvalue weighted by molar-refractivity contribution is 0.00721. The number of aliphatic hydroxyl groups excluding tert-OH is 2. The highest BCUT2D eigenvalue weighted by atomic mass is 16.5. The van der Waals surface area contributed by atoms with Gasteiger partial charge in [0.05, 0.1) is 44.9 Å². The first kappa shape index (κ1) is 31.1. The second-order valence-corrected chi connectivity index (χ2v) is 11.6. The molecule has 6 rings (SSSR count). The molecule has 0 spiro atoms. The first-order valence-corrected chi connectivity index (χ1v) is 15.5. The molecule has 3 aromatic heterocycles. The minimum atomic E-state index is -1.05. The molecule has 0 aliphatic heterocycles. The molecule has 1 aliphatic rings. The van der Waals surface area contributed by atoms with Gasteiger partial charge in [-0.25, -0.2) is 15.0 Å². The van der Waals surface area contributed by atoms with E-state index in [0.29, 0.717) is 29.2 Å². The van der Waals surface area contributed by atoms with Crippen LogP contribution in [-0.4, -0.2) is 65.9 Å². The predicted molar refractivity (Wildman–Crippen MR) is 175 cm³/mol. The lowest BCUT2D eigenvalue weighted by Crippen LogP contribution is -2.30. The molecular formula is C35H39N7O4. The van der Waals surface area contributed by atoms with Gasteiger partial charge in [-0.05, 0) is 66.6 Å². The summed E-state index contributed by atoms with van der Waals surface area (Å²) >= 11 is 0. The monoisotopic (exact) mass is 621 g/mol. The quantitative estimate of drug-likeness (QED) is 0.146. The van der Waals surface area contributed by atoms with E-state index in [1.807, 2.05) is 66.2 Å². The van der Waals surface area contributed by atoms with E-state index >= 15 is 0 Å². The van der Waals surface area contributed by atoms with E-state index in [-0.39, 0.29) is 6.04 Å². The topological polar surface area (TPSA) is 132 Å². The van der Waals surface area contributed by atoms with Crippen molar-refractivity contribution in [3.63, 3.8) is 0 Å². The number of unbranched alkanes of at least 4 members (excludes halogenated alkanes) is 2. The molecule has 0 unspecified atom stereocenters. The summed E-state index contributed by atoms with van der Waals surface area (Å²) in [5.41, 5.74) is 4.01. The summed E-state index contributed by atoms with van der Waals surface area (Å²) in [5, 5.41) is 30.3. The Labute approximate surface area is 268 Å². The minimum absolute atomic E-state index is 0.313. The maximum Gasteiger partial charge on any atom is 0.208 e. The second kappa shape index (κ2) is 13.6. The number of anilines is 1. The molecule has 1 fully saturated rings. The first-order valence-electron chi connectivity index (χ1n) is 15.5. The van der Waals surface area contributed by atoms with Gasteiger partial charge in [0.15, 0.2) is 17.0 Å². The van der Waals surface area contributed by atoms with Crippen LogP contribution in [0, 0.1) is 18.8 Å². The SMILES string of the molecule is CCCCC#Cc1nc(NC(c2ccc(OC)cc2)c2ccc(OC)cc2)c2ncn([C@@H]3C[C@H](n4cc(C)cn4)[C@@H](O)[C@H]3O)c2n1. The Morgan fingerprint density at radius 2 is 1.61 bits per heavy atom. The fourth-order valence-corrected chi connectivity index (χ4v) is 5.95. The second-order valence-electron chi connectivity index (χ2n) is 11.6. The molecule has 11 heteroatoms. The van der Waals surface area contributed by atoms with Crippen molar-refractivity contribution in [2.75, 3.05) is 19.5 Å². The van der Waals surface area contributed by atoms with Crippen LogP contribution in [0.1, 0.15) is 73.2 Å². The molecule has 0 saturated heterocycles. The largest absolute Gasteiger partial charge is 0.497 e. The number of aliphatic hydroxyl groups is 2. The van der Waals surface area contributed by atoms with Gasteiger partial charge in [0, 0.05) is 12.6 Å². The lowest BCUT2D eigenvalue weighted by atomic mass is 9.98. The molecule has 11 nitrogen and oxygen atoms in total. The summed E-state index contributed by atoms with van der Waals surface area (Å²) in [6.07, 6.45) is 6.42. The molecule has 0 bridgehead atoms. The van der Waals surface area contributed by atoms with E-state index in [1.165, 1.54) is 0 Å². The number of methoxy groups -OCH3 is 2. The molecule has 238 valence electrons. The highest BCUT2D eigenvalue weighted by Gasteiger charge is 2.44. The van der Waals surface area contributed by atoms with Crippen LogP contribution in [-0.2, 0) is 0 Å². The van der Waals surface area contributed by atoms with Gasteiger partial charge in [-0.15, -0.1) is 0 Å². The Bertz CT molecular complexity index is 1790. The van der Waals surface area contributed by atoms with Crippen molar-refractivity contribution in [3.8, 4) is 23.3 Å². The van der Waals surface area contributed by atoms with Gasteiger partial charge < -0.3 is 29.6 Å². The standard InChI is InChI=1S/C35H39N7O4/c1-5-6-7-8-9-29-38-34(40-30(23-10-14-25(45-3)15-11-23)24-12-16-26(46-4)17-13-24)31-35(39-29)41(21-36-31)27-18-28(33(44)32(27)43)42-20-22(2)19-37-42/h10-17,19-21,27-28,30,32-33,43-44H,5-7,18H2,1-4H3,(H,38,39,40)/t27-,28+,32+,33-/m1/s1. The number of ether oxygens (including phenoxy) is 2. The van der Waals surface area contributed by atoms with Crippen LogP contribution in [0.4, 0.5) is 5.82 Å². The van der Waals surface area contributed by atoms with Crippen molar-refractivity contribution in [1.82, 2.24) is 29.3 Å². The lowest BCUT2D eigenvalue weighted by Gasteiger charge is -2.22. The summed E-state index contributed by atoms with van der Waals surface area (Å²) in [7, 11) is 3.29. The van der Waals surface area contributed by atoms with Crippen LogP contribution in [0.15, 0.2) is 67.3 Å². The van der Waals surface area contributed by atoms with Crippen LogP contribution in [0.3, 0.4) is 0 Å². The number of aryl methyl sites for hydroxylation is 1. The maximum absolute atomic E-state index is 11.2. The first-order chi connectivity index (χ1) is 22.4. The van der Waals surface area contributed by atoms with Crippen molar-refractivity contribution in [1.29, 1.82) is 0 Å². The van der Waals surface area contributed by atoms with Gasteiger partial charge in [-0.3, -0.25) is 4.68 Å². The van der Waals surface area contributed by atoms with Crippen molar-refractivity contribution < 1.29 is 19.7 Å². The molecule has 1 saturated carbocycles. The van der Waals surface area contributed by atoms with Gasteiger partial charge in [-0.1, -0.05) is 43.5 Å². The summed E-state index contributed by atoms with van der Waals surface area (Å²) in [4.78, 5) is 14.4. The number of aromatic nitrogens is 6. The summed E-state index contributed by atoms with van der Waals surface area (Å²) in [5.74, 6) is 8.72. The van der Waals surface area contributed by atoms with E-state index in [1.54, 1.807) is 31.4 Å². The summed E-state index contributed by atoms with van der Waals surface area (Å²) < 4.78 is 14.4. The number of nitrogens with zero attached hydrogens (tertiary/aromatic N) is 6. The Morgan fingerprint density at radius 1 is 0.957 bits per heavy atom. The van der Waals surface area contributed by atoms with Gasteiger partial charge in [-0.2, -0.15) is 5.10 Å². The smallest absolute Gasteiger partial charge is 0.208 e. The Morgan fingerprint density at radius 3 is 2.20 bits per heavy atom. The van der Waals surface area contributed by atoms with Crippen LogP contribution in [0.5, 0.6) is 11.5 Å². The van der Waals surface area contributed by atoms with Crippen molar-refractivity contribution >= 4 is 17.0 Å². The van der Waals surface area contributed by atoms with Crippen LogP contribution in [0.25, 0.3) is 11.2 Å². The van der Waals surface area contributed by atoms with E-state index < -0.39 is 24.3 Å². The van der Waals surface area contributed by atoms with E-state index in [2.05, 4.69) is 29.2 Å². The normalized spacial score (nSPS) is 19.3. The number of rotatable bonds is 10. The molecular weight excluding hydrogens is 582 g/mol. The average Bonchev–Trinajstić information content (AvgIpc) is 3.79. The Balaban J connectivity index is 1.43. The molecule has 0 amide bonds. The third-order valence-corrected chi connectivity index (χ3v) is 8.51. The molecule has 4 atom stereocenters. The van der Waals surface area contributed by atoms with E-state index in [0.717, 1.165) is 47.5 Å². The van der Waals surface area contributed by atoms with Crippen molar-refractivity contribution in [2.45, 2.75) is 69.9 Å². The molecule has 5 aromatic rings. The number of imidazole rings is 1. The Kier molecular flexibility index (Phi) is 9.19. The number of nitrogens with one attached hydrogen (secondary N) is 1. The molecule has 1 aliphatic carbocycles. The van der Waals surface area contributed by atoms with Gasteiger partial charge in [0.1, 0.15) is 23.7 Å². The zero-order valence-corrected chi connectivity index (χ0v) is 26.5.